The molecule has 2 rings (SSSR count). The minimum atomic E-state index is 0.282. The Hall–Kier alpha value is -0.350. The number of rotatable bonds is 1. The molecule has 1 saturated heterocycles. The molecule has 4 heteroatoms. The van der Waals surface area contributed by atoms with Crippen LogP contribution in [0.3, 0.4) is 0 Å². The van der Waals surface area contributed by atoms with Crippen LogP contribution in [-0.4, -0.2) is 52.7 Å². The normalized spacial score (nSPS) is 23.4. The van der Waals surface area contributed by atoms with Gasteiger partial charge in [-0.1, -0.05) is 19.3 Å². The molecule has 2 aliphatic rings. The average molecular weight is 283 g/mol. The van der Waals surface area contributed by atoms with Crippen LogP contribution in [0.15, 0.2) is 0 Å². The molecule has 0 unspecified atom stereocenters. The first kappa shape index (κ1) is 15.0. The van der Waals surface area contributed by atoms with Gasteiger partial charge in [-0.2, -0.15) is 0 Å². The molecule has 0 aromatic rings. The molecule has 0 bridgehead atoms. The number of thiocarbonyl (C=S) groups is 1. The third-order valence-corrected chi connectivity index (χ3v) is 4.82. The Kier molecular flexibility index (Phi) is 5.07. The largest absolute Gasteiger partial charge is 0.360 e. The van der Waals surface area contributed by atoms with E-state index in [-0.39, 0.29) is 5.54 Å². The van der Waals surface area contributed by atoms with Gasteiger partial charge in [0.2, 0.25) is 0 Å². The minimum Gasteiger partial charge on any atom is -0.360 e. The van der Waals surface area contributed by atoms with E-state index in [4.69, 9.17) is 12.2 Å². The Morgan fingerprint density at radius 3 is 2.11 bits per heavy atom. The molecule has 1 aliphatic carbocycles. The Bertz CT molecular complexity index is 297. The van der Waals surface area contributed by atoms with Crippen LogP contribution in [0.5, 0.6) is 0 Å². The van der Waals surface area contributed by atoms with E-state index in [1.807, 2.05) is 0 Å². The van der Waals surface area contributed by atoms with Crippen LogP contribution in [-0.2, 0) is 0 Å². The monoisotopic (exact) mass is 283 g/mol. The van der Waals surface area contributed by atoms with Gasteiger partial charge in [0.25, 0.3) is 0 Å². The van der Waals surface area contributed by atoms with Gasteiger partial charge < -0.3 is 10.2 Å². The summed E-state index contributed by atoms with van der Waals surface area (Å²) >= 11 is 5.58. The molecule has 3 nitrogen and oxygen atoms in total. The van der Waals surface area contributed by atoms with Crippen molar-refractivity contribution in [1.29, 1.82) is 0 Å². The fraction of sp³-hybridized carbons (Fsp3) is 0.933. The molecular weight excluding hydrogens is 254 g/mol. The Labute approximate surface area is 123 Å². The van der Waals surface area contributed by atoms with Crippen LogP contribution in [0.2, 0.25) is 0 Å². The second-order valence-corrected chi connectivity index (χ2v) is 7.32. The van der Waals surface area contributed by atoms with Crippen LogP contribution in [0.4, 0.5) is 0 Å². The number of hydrogen-bond acceptors (Lipinski definition) is 2. The highest BCUT2D eigenvalue weighted by Crippen LogP contribution is 2.19. The summed E-state index contributed by atoms with van der Waals surface area (Å²) < 4.78 is 0. The first-order valence-electron chi connectivity index (χ1n) is 7.77. The van der Waals surface area contributed by atoms with Crippen molar-refractivity contribution in [2.45, 2.75) is 64.5 Å². The summed E-state index contributed by atoms with van der Waals surface area (Å²) in [6, 6.07) is 0.627. The Balaban J connectivity index is 1.76. The third-order valence-electron chi connectivity index (χ3n) is 4.45. The lowest BCUT2D eigenvalue weighted by Crippen LogP contribution is -2.57. The lowest BCUT2D eigenvalue weighted by Gasteiger charge is -2.43. The fourth-order valence-corrected chi connectivity index (χ4v) is 3.44. The van der Waals surface area contributed by atoms with E-state index in [2.05, 4.69) is 35.9 Å². The van der Waals surface area contributed by atoms with Crippen LogP contribution >= 0.6 is 12.2 Å². The summed E-state index contributed by atoms with van der Waals surface area (Å²) in [7, 11) is 0. The topological polar surface area (TPSA) is 18.5 Å². The molecule has 0 atom stereocenters. The molecule has 19 heavy (non-hydrogen) atoms. The van der Waals surface area contributed by atoms with Crippen molar-refractivity contribution in [2.24, 2.45) is 0 Å². The van der Waals surface area contributed by atoms with Gasteiger partial charge in [-0.15, -0.1) is 0 Å². The lowest BCUT2D eigenvalue weighted by molar-refractivity contribution is 0.0876. The van der Waals surface area contributed by atoms with E-state index in [1.165, 1.54) is 32.1 Å². The van der Waals surface area contributed by atoms with Gasteiger partial charge >= 0.3 is 0 Å². The van der Waals surface area contributed by atoms with Crippen molar-refractivity contribution in [3.63, 3.8) is 0 Å². The van der Waals surface area contributed by atoms with Crippen molar-refractivity contribution >= 4 is 17.3 Å². The highest BCUT2D eigenvalue weighted by atomic mass is 32.1. The predicted molar refractivity (Wildman–Crippen MR) is 85.5 cm³/mol. The molecule has 0 spiro atoms. The summed E-state index contributed by atoms with van der Waals surface area (Å²) in [6.07, 6.45) is 6.70. The molecule has 1 aliphatic heterocycles. The maximum absolute atomic E-state index is 5.58. The first-order valence-corrected chi connectivity index (χ1v) is 8.18. The molecule has 0 aromatic carbocycles. The minimum absolute atomic E-state index is 0.282. The zero-order valence-electron chi connectivity index (χ0n) is 12.7. The number of hydrogen-bond donors (Lipinski definition) is 1. The van der Waals surface area contributed by atoms with Gasteiger partial charge in [-0.05, 0) is 45.8 Å². The van der Waals surface area contributed by atoms with Crippen molar-refractivity contribution in [2.75, 3.05) is 26.2 Å². The predicted octanol–water partition coefficient (Wildman–Crippen LogP) is 2.61. The quantitative estimate of drug-likeness (QED) is 0.745. The van der Waals surface area contributed by atoms with Gasteiger partial charge in [-0.25, -0.2) is 0 Å². The second-order valence-electron chi connectivity index (χ2n) is 6.93. The van der Waals surface area contributed by atoms with Gasteiger partial charge in [-0.3, -0.25) is 4.90 Å². The zero-order chi connectivity index (χ0) is 13.9. The van der Waals surface area contributed by atoms with Gasteiger partial charge in [0.1, 0.15) is 0 Å². The van der Waals surface area contributed by atoms with Crippen LogP contribution in [0.25, 0.3) is 0 Å². The summed E-state index contributed by atoms with van der Waals surface area (Å²) in [5.74, 6) is 0. The Morgan fingerprint density at radius 2 is 1.58 bits per heavy atom. The molecule has 0 amide bonds. The van der Waals surface area contributed by atoms with E-state index in [0.717, 1.165) is 31.3 Å². The van der Waals surface area contributed by atoms with E-state index < -0.39 is 0 Å². The van der Waals surface area contributed by atoms with E-state index in [0.29, 0.717) is 6.04 Å². The van der Waals surface area contributed by atoms with Crippen LogP contribution in [0.1, 0.15) is 52.9 Å². The van der Waals surface area contributed by atoms with E-state index >= 15 is 0 Å². The van der Waals surface area contributed by atoms with Crippen molar-refractivity contribution in [1.82, 2.24) is 15.1 Å². The molecule has 1 heterocycles. The van der Waals surface area contributed by atoms with Gasteiger partial charge in [0.05, 0.1) is 0 Å². The summed E-state index contributed by atoms with van der Waals surface area (Å²) in [6.45, 7) is 11.3. The molecule has 2 fully saturated rings. The maximum Gasteiger partial charge on any atom is 0.169 e. The molecule has 110 valence electrons. The maximum atomic E-state index is 5.58. The van der Waals surface area contributed by atoms with E-state index in [9.17, 15) is 0 Å². The molecular formula is C15H29N3S. The fourth-order valence-electron chi connectivity index (χ4n) is 3.09. The average Bonchev–Trinajstić information content (AvgIpc) is 2.39. The first-order chi connectivity index (χ1) is 8.97. The lowest BCUT2D eigenvalue weighted by atomic mass is 9.96. The number of nitrogens with zero attached hydrogens (tertiary/aromatic N) is 2. The van der Waals surface area contributed by atoms with Crippen LogP contribution in [0, 0.1) is 0 Å². The van der Waals surface area contributed by atoms with E-state index in [1.54, 1.807) is 0 Å². The molecule has 1 saturated carbocycles. The highest BCUT2D eigenvalue weighted by molar-refractivity contribution is 7.80. The molecule has 1 N–H and O–H groups in total. The molecule has 0 aromatic heterocycles. The number of nitrogens with one attached hydrogen (secondary N) is 1. The highest BCUT2D eigenvalue weighted by Gasteiger charge is 2.27. The summed E-state index contributed by atoms with van der Waals surface area (Å²) in [5, 5.41) is 4.57. The Morgan fingerprint density at radius 1 is 1.00 bits per heavy atom. The van der Waals surface area contributed by atoms with Crippen molar-refractivity contribution < 1.29 is 0 Å². The zero-order valence-corrected chi connectivity index (χ0v) is 13.6. The smallest absolute Gasteiger partial charge is 0.169 e. The molecule has 0 radical (unpaired) electrons. The van der Waals surface area contributed by atoms with Crippen molar-refractivity contribution in [3.8, 4) is 0 Å². The third kappa shape index (κ3) is 4.32. The summed E-state index contributed by atoms with van der Waals surface area (Å²) in [4.78, 5) is 4.90. The number of piperazine rings is 1. The van der Waals surface area contributed by atoms with Gasteiger partial charge in [0, 0.05) is 37.8 Å². The van der Waals surface area contributed by atoms with Crippen molar-refractivity contribution in [3.05, 3.63) is 0 Å². The summed E-state index contributed by atoms with van der Waals surface area (Å²) in [5.41, 5.74) is 0.282. The standard InChI is InChI=1S/C15H29N3S/c1-15(2,3)18-11-9-17(10-12-18)14(19)16-13-7-5-4-6-8-13/h13H,4-12H2,1-3H3,(H,16,19). The second kappa shape index (κ2) is 6.40. The SMILES string of the molecule is CC(C)(C)N1CCN(C(=S)NC2CCCCC2)CC1. The van der Waals surface area contributed by atoms with Gasteiger partial charge in [0.15, 0.2) is 5.11 Å². The van der Waals surface area contributed by atoms with Crippen LogP contribution < -0.4 is 5.32 Å².